The lowest BCUT2D eigenvalue weighted by Gasteiger charge is -2.26. The first-order valence-corrected chi connectivity index (χ1v) is 13.4. The van der Waals surface area contributed by atoms with Gasteiger partial charge in [0, 0.05) is 18.1 Å². The van der Waals surface area contributed by atoms with Gasteiger partial charge in [0.15, 0.2) is 11.5 Å². The Morgan fingerprint density at radius 1 is 1.05 bits per heavy atom. The van der Waals surface area contributed by atoms with Crippen LogP contribution in [0.2, 0.25) is 5.02 Å². The third-order valence-electron chi connectivity index (χ3n) is 5.71. The number of sulfonamides is 1. The Balaban J connectivity index is 1.83. The van der Waals surface area contributed by atoms with Crippen molar-refractivity contribution < 1.29 is 27.1 Å². The van der Waals surface area contributed by atoms with Crippen molar-refractivity contribution in [1.29, 1.82) is 0 Å². The minimum atomic E-state index is -3.96. The third-order valence-corrected chi connectivity index (χ3v) is 7.79. The predicted octanol–water partition coefficient (Wildman–Crippen LogP) is 4.71. The van der Waals surface area contributed by atoms with Gasteiger partial charge in [0.2, 0.25) is 15.9 Å². The van der Waals surface area contributed by atoms with Crippen LogP contribution in [0.4, 0.5) is 0 Å². The molecule has 0 radical (unpaired) electrons. The second kappa shape index (κ2) is 12.8. The van der Waals surface area contributed by atoms with E-state index in [9.17, 15) is 13.2 Å². The van der Waals surface area contributed by atoms with Crippen molar-refractivity contribution >= 4 is 27.5 Å². The molecule has 1 aromatic heterocycles. The Kier molecular flexibility index (Phi) is 9.79. The minimum Gasteiger partial charge on any atom is -0.493 e. The summed E-state index contributed by atoms with van der Waals surface area (Å²) in [4.78, 5) is 15.1. The number of halogens is 1. The van der Waals surface area contributed by atoms with Crippen LogP contribution < -0.4 is 9.47 Å². The van der Waals surface area contributed by atoms with E-state index in [0.717, 1.165) is 15.6 Å². The van der Waals surface area contributed by atoms with Gasteiger partial charge in [0.1, 0.15) is 11.5 Å². The Morgan fingerprint density at radius 2 is 1.76 bits per heavy atom. The normalized spacial score (nSPS) is 11.4. The van der Waals surface area contributed by atoms with Crippen molar-refractivity contribution in [2.75, 3.05) is 33.9 Å². The average Bonchev–Trinajstić information content (AvgIpc) is 3.30. The number of aryl methyl sites for hydroxylation is 1. The van der Waals surface area contributed by atoms with Crippen LogP contribution in [0.15, 0.2) is 76.6 Å². The van der Waals surface area contributed by atoms with E-state index in [0.29, 0.717) is 35.2 Å². The Hall–Kier alpha value is -3.27. The second-order valence-electron chi connectivity index (χ2n) is 8.31. The van der Waals surface area contributed by atoms with Gasteiger partial charge < -0.3 is 18.8 Å². The van der Waals surface area contributed by atoms with E-state index in [1.54, 1.807) is 31.3 Å². The molecule has 10 heteroatoms. The van der Waals surface area contributed by atoms with Crippen LogP contribution in [0.3, 0.4) is 0 Å². The van der Waals surface area contributed by atoms with Gasteiger partial charge in [-0.3, -0.25) is 4.79 Å². The molecular formula is C27H31ClN2O6S. The molecule has 0 unspecified atom stereocenters. The van der Waals surface area contributed by atoms with E-state index >= 15 is 0 Å². The molecule has 0 saturated carbocycles. The molecular weight excluding hydrogens is 516 g/mol. The van der Waals surface area contributed by atoms with Crippen LogP contribution in [-0.2, 0) is 27.8 Å². The number of amides is 1. The van der Waals surface area contributed by atoms with Crippen LogP contribution in [0, 0.1) is 6.92 Å². The average molecular weight is 547 g/mol. The molecule has 0 aliphatic rings. The molecule has 0 N–H and O–H groups in total. The summed E-state index contributed by atoms with van der Waals surface area (Å²) in [6, 6.07) is 15.0. The van der Waals surface area contributed by atoms with Crippen molar-refractivity contribution in [2.24, 2.45) is 0 Å². The van der Waals surface area contributed by atoms with Gasteiger partial charge in [-0.05, 0) is 67.4 Å². The summed E-state index contributed by atoms with van der Waals surface area (Å²) in [7, 11) is -0.832. The molecule has 8 nitrogen and oxygen atoms in total. The fourth-order valence-electron chi connectivity index (χ4n) is 3.75. The molecule has 2 aromatic carbocycles. The van der Waals surface area contributed by atoms with Crippen molar-refractivity contribution in [3.63, 3.8) is 0 Å². The molecule has 0 bridgehead atoms. The number of furan rings is 1. The zero-order chi connectivity index (χ0) is 27.0. The maximum Gasteiger partial charge on any atom is 0.243 e. The highest BCUT2D eigenvalue weighted by Gasteiger charge is 2.28. The summed E-state index contributed by atoms with van der Waals surface area (Å²) in [5.41, 5.74) is 0.933. The lowest BCUT2D eigenvalue weighted by Crippen LogP contribution is -2.43. The predicted molar refractivity (Wildman–Crippen MR) is 143 cm³/mol. The van der Waals surface area contributed by atoms with Gasteiger partial charge in [0.05, 0.1) is 32.2 Å². The van der Waals surface area contributed by atoms with E-state index in [1.165, 1.54) is 30.3 Å². The maximum atomic E-state index is 13.5. The quantitative estimate of drug-likeness (QED) is 0.289. The van der Waals surface area contributed by atoms with E-state index in [-0.39, 0.29) is 30.4 Å². The third kappa shape index (κ3) is 7.38. The summed E-state index contributed by atoms with van der Waals surface area (Å²) in [5.74, 6) is 2.16. The topological polar surface area (TPSA) is 89.3 Å². The number of hydrogen-bond donors (Lipinski definition) is 0. The molecule has 0 aliphatic heterocycles. The number of rotatable bonds is 13. The molecule has 1 heterocycles. The highest BCUT2D eigenvalue weighted by molar-refractivity contribution is 7.89. The highest BCUT2D eigenvalue weighted by Crippen LogP contribution is 2.28. The first kappa shape index (κ1) is 28.3. The lowest BCUT2D eigenvalue weighted by atomic mass is 10.1. The molecule has 37 heavy (non-hydrogen) atoms. The summed E-state index contributed by atoms with van der Waals surface area (Å²) >= 11 is 5.92. The Bertz CT molecular complexity index is 1320. The molecule has 0 saturated heterocycles. The molecule has 3 rings (SSSR count). The number of nitrogens with zero attached hydrogens (tertiary/aromatic N) is 2. The standard InChI is InChI=1S/C27H31ClN2O6S/c1-5-15-30(37(32,33)24-11-8-22(28)9-12-24)19-27(31)29(18-23-10-6-20(2)36-23)16-14-21-7-13-25(34-3)26(17-21)35-4/h5-13,17H,1,14-16,18-19H2,2-4H3. The molecule has 3 aromatic rings. The summed E-state index contributed by atoms with van der Waals surface area (Å²) in [5, 5.41) is 0.417. The summed E-state index contributed by atoms with van der Waals surface area (Å²) < 4.78 is 44.0. The summed E-state index contributed by atoms with van der Waals surface area (Å²) in [6.45, 7) is 5.63. The monoisotopic (exact) mass is 546 g/mol. The molecule has 0 aliphatic carbocycles. The summed E-state index contributed by atoms with van der Waals surface area (Å²) in [6.07, 6.45) is 1.96. The number of ether oxygens (including phenoxy) is 2. The van der Waals surface area contributed by atoms with Gasteiger partial charge >= 0.3 is 0 Å². The second-order valence-corrected chi connectivity index (χ2v) is 10.7. The number of carbonyl (C=O) groups is 1. The number of carbonyl (C=O) groups excluding carboxylic acids is 1. The fourth-order valence-corrected chi connectivity index (χ4v) is 5.23. The zero-order valence-electron chi connectivity index (χ0n) is 21.1. The number of hydrogen-bond acceptors (Lipinski definition) is 6. The van der Waals surface area contributed by atoms with Crippen LogP contribution in [0.25, 0.3) is 0 Å². The fraction of sp³-hybridized carbons (Fsp3) is 0.296. The van der Waals surface area contributed by atoms with Gasteiger partial charge in [-0.2, -0.15) is 4.31 Å². The van der Waals surface area contributed by atoms with Gasteiger partial charge in [-0.25, -0.2) is 8.42 Å². The van der Waals surface area contributed by atoms with Crippen LogP contribution >= 0.6 is 11.6 Å². The van der Waals surface area contributed by atoms with Gasteiger partial charge in [-0.15, -0.1) is 6.58 Å². The van der Waals surface area contributed by atoms with Crippen molar-refractivity contribution in [2.45, 2.75) is 24.8 Å². The maximum absolute atomic E-state index is 13.5. The van der Waals surface area contributed by atoms with Crippen molar-refractivity contribution in [3.05, 3.63) is 89.4 Å². The smallest absolute Gasteiger partial charge is 0.243 e. The van der Waals surface area contributed by atoms with E-state index < -0.39 is 10.0 Å². The van der Waals surface area contributed by atoms with Crippen molar-refractivity contribution in [1.82, 2.24) is 9.21 Å². The highest BCUT2D eigenvalue weighted by atomic mass is 35.5. The molecule has 1 amide bonds. The van der Waals surface area contributed by atoms with Crippen LogP contribution in [0.5, 0.6) is 11.5 Å². The zero-order valence-corrected chi connectivity index (χ0v) is 22.7. The lowest BCUT2D eigenvalue weighted by molar-refractivity contribution is -0.132. The van der Waals surface area contributed by atoms with E-state index in [2.05, 4.69) is 6.58 Å². The number of methoxy groups -OCH3 is 2. The number of benzene rings is 2. The molecule has 0 fully saturated rings. The first-order chi connectivity index (χ1) is 17.7. The molecule has 0 atom stereocenters. The van der Waals surface area contributed by atoms with E-state index in [1.807, 2.05) is 25.1 Å². The van der Waals surface area contributed by atoms with Gasteiger partial charge in [0.25, 0.3) is 0 Å². The van der Waals surface area contributed by atoms with E-state index in [4.69, 9.17) is 25.5 Å². The van der Waals surface area contributed by atoms with Crippen LogP contribution in [0.1, 0.15) is 17.1 Å². The van der Waals surface area contributed by atoms with Crippen molar-refractivity contribution in [3.8, 4) is 11.5 Å². The van der Waals surface area contributed by atoms with Gasteiger partial charge in [-0.1, -0.05) is 23.7 Å². The molecule has 0 spiro atoms. The minimum absolute atomic E-state index is 0.0277. The molecule has 198 valence electrons. The largest absolute Gasteiger partial charge is 0.493 e. The Labute approximate surface area is 223 Å². The van der Waals surface area contributed by atoms with Crippen LogP contribution in [-0.4, -0.2) is 57.4 Å². The Morgan fingerprint density at radius 3 is 2.35 bits per heavy atom. The SMILES string of the molecule is C=CCN(CC(=O)N(CCc1ccc(OC)c(OC)c1)Cc1ccc(C)o1)S(=O)(=O)c1ccc(Cl)cc1. The first-order valence-electron chi connectivity index (χ1n) is 11.6.